The van der Waals surface area contributed by atoms with Crippen LogP contribution in [0.4, 0.5) is 5.82 Å². The molecule has 0 fully saturated rings. The summed E-state index contributed by atoms with van der Waals surface area (Å²) in [6.07, 6.45) is 3.35. The fraction of sp³-hybridized carbons (Fsp3) is 0.214. The van der Waals surface area contributed by atoms with E-state index in [2.05, 4.69) is 20.0 Å². The first kappa shape index (κ1) is 12.9. The van der Waals surface area contributed by atoms with Gasteiger partial charge < -0.3 is 4.90 Å². The van der Waals surface area contributed by atoms with Crippen molar-refractivity contribution in [1.82, 2.24) is 19.7 Å². The summed E-state index contributed by atoms with van der Waals surface area (Å²) >= 11 is 6.02. The summed E-state index contributed by atoms with van der Waals surface area (Å²) in [7, 11) is 3.87. The number of halogens is 1. The second-order valence-electron chi connectivity index (χ2n) is 4.69. The lowest BCUT2D eigenvalue weighted by Gasteiger charge is -2.18. The van der Waals surface area contributed by atoms with E-state index in [1.54, 1.807) is 17.2 Å². The number of fused-ring (bicyclic) bond motifs is 1. The van der Waals surface area contributed by atoms with Crippen LogP contribution < -0.4 is 4.90 Å². The number of anilines is 1. The molecule has 102 valence electrons. The Kier molecular flexibility index (Phi) is 3.28. The van der Waals surface area contributed by atoms with E-state index in [0.717, 1.165) is 34.0 Å². The summed E-state index contributed by atoms with van der Waals surface area (Å²) in [5.74, 6) is 0.864. The van der Waals surface area contributed by atoms with Gasteiger partial charge in [-0.15, -0.1) is 0 Å². The second-order valence-corrected chi connectivity index (χ2v) is 5.13. The molecule has 0 aliphatic carbocycles. The van der Waals surface area contributed by atoms with Gasteiger partial charge in [0, 0.05) is 25.7 Å². The highest BCUT2D eigenvalue weighted by Crippen LogP contribution is 2.23. The van der Waals surface area contributed by atoms with E-state index >= 15 is 0 Å². The molecule has 6 heteroatoms. The standard InChI is InChI=1S/C14H14ClN5/c1-19(8-10-4-3-5-11(15)6-10)13-12-7-18-20(2)14(12)17-9-16-13/h3-7,9H,8H2,1-2H3. The van der Waals surface area contributed by atoms with Crippen molar-refractivity contribution in [2.75, 3.05) is 11.9 Å². The van der Waals surface area contributed by atoms with Crippen molar-refractivity contribution in [1.29, 1.82) is 0 Å². The lowest BCUT2D eigenvalue weighted by Crippen LogP contribution is -2.18. The third-order valence-corrected chi connectivity index (χ3v) is 3.41. The number of rotatable bonds is 3. The molecule has 0 saturated heterocycles. The van der Waals surface area contributed by atoms with Crippen LogP contribution in [0.2, 0.25) is 5.02 Å². The summed E-state index contributed by atoms with van der Waals surface area (Å²) in [6.45, 7) is 0.724. The minimum Gasteiger partial charge on any atom is -0.355 e. The van der Waals surface area contributed by atoms with E-state index in [1.807, 2.05) is 38.4 Å². The smallest absolute Gasteiger partial charge is 0.163 e. The monoisotopic (exact) mass is 287 g/mol. The Balaban J connectivity index is 1.94. The van der Waals surface area contributed by atoms with Crippen LogP contribution in [0.5, 0.6) is 0 Å². The summed E-state index contributed by atoms with van der Waals surface area (Å²) < 4.78 is 1.74. The number of benzene rings is 1. The lowest BCUT2D eigenvalue weighted by atomic mass is 10.2. The number of hydrogen-bond acceptors (Lipinski definition) is 4. The van der Waals surface area contributed by atoms with Crippen molar-refractivity contribution in [2.24, 2.45) is 7.05 Å². The molecule has 20 heavy (non-hydrogen) atoms. The third kappa shape index (κ3) is 2.32. The SMILES string of the molecule is CN(Cc1cccc(Cl)c1)c1ncnc2c1cnn2C. The first-order chi connectivity index (χ1) is 9.65. The zero-order valence-electron chi connectivity index (χ0n) is 11.3. The van der Waals surface area contributed by atoms with Gasteiger partial charge in [-0.3, -0.25) is 4.68 Å². The molecule has 2 aromatic heterocycles. The molecule has 0 aliphatic rings. The Hall–Kier alpha value is -2.14. The minimum absolute atomic E-state index is 0.724. The number of aryl methyl sites for hydroxylation is 1. The van der Waals surface area contributed by atoms with Crippen LogP contribution in [0, 0.1) is 0 Å². The highest BCUT2D eigenvalue weighted by atomic mass is 35.5. The Morgan fingerprint density at radius 1 is 1.30 bits per heavy atom. The predicted octanol–water partition coefficient (Wildman–Crippen LogP) is 2.65. The molecule has 0 saturated carbocycles. The largest absolute Gasteiger partial charge is 0.355 e. The van der Waals surface area contributed by atoms with Crippen LogP contribution in [-0.4, -0.2) is 26.8 Å². The molecule has 0 radical (unpaired) electrons. The van der Waals surface area contributed by atoms with Crippen LogP contribution in [-0.2, 0) is 13.6 Å². The predicted molar refractivity (Wildman–Crippen MR) is 79.9 cm³/mol. The van der Waals surface area contributed by atoms with Gasteiger partial charge in [0.2, 0.25) is 0 Å². The van der Waals surface area contributed by atoms with Gasteiger partial charge in [0.15, 0.2) is 5.65 Å². The van der Waals surface area contributed by atoms with Gasteiger partial charge in [0.05, 0.1) is 11.6 Å². The molecule has 1 aromatic carbocycles. The molecule has 3 aromatic rings. The van der Waals surface area contributed by atoms with Gasteiger partial charge in [-0.25, -0.2) is 9.97 Å². The van der Waals surface area contributed by atoms with Crippen LogP contribution in [0.15, 0.2) is 36.8 Å². The van der Waals surface area contributed by atoms with E-state index in [0.29, 0.717) is 0 Å². The summed E-state index contributed by atoms with van der Waals surface area (Å²) in [6, 6.07) is 7.82. The van der Waals surface area contributed by atoms with Crippen LogP contribution in [0.25, 0.3) is 11.0 Å². The first-order valence-corrected chi connectivity index (χ1v) is 6.61. The quantitative estimate of drug-likeness (QED) is 0.743. The highest BCUT2D eigenvalue weighted by molar-refractivity contribution is 6.30. The average Bonchev–Trinajstić information content (AvgIpc) is 2.81. The molecule has 3 rings (SSSR count). The Morgan fingerprint density at radius 3 is 2.95 bits per heavy atom. The van der Waals surface area contributed by atoms with E-state index < -0.39 is 0 Å². The molecule has 0 N–H and O–H groups in total. The summed E-state index contributed by atoms with van der Waals surface area (Å²) in [5.41, 5.74) is 1.96. The van der Waals surface area contributed by atoms with Crippen molar-refractivity contribution in [2.45, 2.75) is 6.54 Å². The number of aromatic nitrogens is 4. The normalized spacial score (nSPS) is 10.9. The molecular formula is C14H14ClN5. The zero-order valence-corrected chi connectivity index (χ0v) is 12.0. The molecular weight excluding hydrogens is 274 g/mol. The van der Waals surface area contributed by atoms with Gasteiger partial charge in [0.25, 0.3) is 0 Å². The maximum Gasteiger partial charge on any atom is 0.163 e. The summed E-state index contributed by atoms with van der Waals surface area (Å²) in [4.78, 5) is 10.7. The van der Waals surface area contributed by atoms with Gasteiger partial charge in [-0.05, 0) is 17.7 Å². The molecule has 0 amide bonds. The molecule has 0 spiro atoms. The fourth-order valence-corrected chi connectivity index (χ4v) is 2.45. The third-order valence-electron chi connectivity index (χ3n) is 3.18. The number of nitrogens with zero attached hydrogens (tertiary/aromatic N) is 5. The first-order valence-electron chi connectivity index (χ1n) is 6.23. The van der Waals surface area contributed by atoms with E-state index in [-0.39, 0.29) is 0 Å². The van der Waals surface area contributed by atoms with Gasteiger partial charge in [0.1, 0.15) is 12.1 Å². The van der Waals surface area contributed by atoms with Crippen LogP contribution >= 0.6 is 11.6 Å². The maximum atomic E-state index is 6.02. The topological polar surface area (TPSA) is 46.8 Å². The number of hydrogen-bond donors (Lipinski definition) is 0. The van der Waals surface area contributed by atoms with Gasteiger partial charge in [-0.1, -0.05) is 23.7 Å². The highest BCUT2D eigenvalue weighted by Gasteiger charge is 2.12. The van der Waals surface area contributed by atoms with Gasteiger partial charge in [-0.2, -0.15) is 5.10 Å². The Bertz CT molecular complexity index is 752. The van der Waals surface area contributed by atoms with Crippen LogP contribution in [0.3, 0.4) is 0 Å². The average molecular weight is 288 g/mol. The maximum absolute atomic E-state index is 6.02. The van der Waals surface area contributed by atoms with E-state index in [1.165, 1.54) is 0 Å². The minimum atomic E-state index is 0.724. The molecule has 0 unspecified atom stereocenters. The van der Waals surface area contributed by atoms with Crippen molar-refractivity contribution >= 4 is 28.5 Å². The van der Waals surface area contributed by atoms with Crippen molar-refractivity contribution in [3.8, 4) is 0 Å². The Morgan fingerprint density at radius 2 is 2.15 bits per heavy atom. The molecule has 0 atom stereocenters. The van der Waals surface area contributed by atoms with Crippen molar-refractivity contribution < 1.29 is 0 Å². The van der Waals surface area contributed by atoms with Crippen LogP contribution in [0.1, 0.15) is 5.56 Å². The second kappa shape index (κ2) is 5.09. The molecule has 0 aliphatic heterocycles. The molecule has 5 nitrogen and oxygen atoms in total. The Labute approximate surface area is 121 Å². The molecule has 0 bridgehead atoms. The van der Waals surface area contributed by atoms with E-state index in [9.17, 15) is 0 Å². The van der Waals surface area contributed by atoms with Crippen molar-refractivity contribution in [3.05, 3.63) is 47.4 Å². The van der Waals surface area contributed by atoms with Crippen molar-refractivity contribution in [3.63, 3.8) is 0 Å². The lowest BCUT2D eigenvalue weighted by molar-refractivity contribution is 0.785. The van der Waals surface area contributed by atoms with E-state index in [4.69, 9.17) is 11.6 Å². The molecule has 2 heterocycles. The zero-order chi connectivity index (χ0) is 14.1. The fourth-order valence-electron chi connectivity index (χ4n) is 2.24. The summed E-state index contributed by atoms with van der Waals surface area (Å²) in [5, 5.41) is 5.91. The van der Waals surface area contributed by atoms with Gasteiger partial charge >= 0.3 is 0 Å².